The third-order valence-corrected chi connectivity index (χ3v) is 5.80. The van der Waals surface area contributed by atoms with E-state index in [1.807, 2.05) is 32.0 Å². The number of hydrogen-bond donors (Lipinski definition) is 1. The second-order valence-corrected chi connectivity index (χ2v) is 8.25. The molecule has 0 spiro atoms. The molecule has 158 valence electrons. The molecule has 7 heteroatoms. The molecule has 0 bridgehead atoms. The maximum absolute atomic E-state index is 13.3. The summed E-state index contributed by atoms with van der Waals surface area (Å²) in [7, 11) is 0. The summed E-state index contributed by atoms with van der Waals surface area (Å²) in [6.07, 6.45) is -2.73. The molecule has 0 aromatic heterocycles. The molecule has 30 heavy (non-hydrogen) atoms. The van der Waals surface area contributed by atoms with Crippen molar-refractivity contribution in [1.82, 2.24) is 0 Å². The zero-order valence-corrected chi connectivity index (χ0v) is 16.8. The van der Waals surface area contributed by atoms with Gasteiger partial charge in [0.15, 0.2) is 0 Å². The molecule has 2 aromatic carbocycles. The van der Waals surface area contributed by atoms with Crippen molar-refractivity contribution in [2.45, 2.75) is 45.2 Å². The summed E-state index contributed by atoms with van der Waals surface area (Å²) < 4.78 is 39.8. The first kappa shape index (κ1) is 20.4. The maximum Gasteiger partial charge on any atom is 0.416 e. The number of hydrogen-bond acceptors (Lipinski definition) is 2. The third-order valence-electron chi connectivity index (χ3n) is 5.80. The fraction of sp³-hybridized carbons (Fsp3) is 0.391. The Labute approximate surface area is 173 Å². The van der Waals surface area contributed by atoms with Crippen molar-refractivity contribution in [3.05, 3.63) is 58.7 Å². The molecule has 4 nitrogen and oxygen atoms in total. The zero-order valence-electron chi connectivity index (χ0n) is 16.8. The first-order chi connectivity index (χ1) is 14.1. The molecule has 2 aromatic rings. The van der Waals surface area contributed by atoms with Crippen molar-refractivity contribution in [2.24, 2.45) is 5.92 Å². The summed E-state index contributed by atoms with van der Waals surface area (Å²) in [6.45, 7) is 4.03. The number of benzene rings is 2. The first-order valence-electron chi connectivity index (χ1n) is 10.0. The fourth-order valence-electron chi connectivity index (χ4n) is 4.11. The molecular weight excluding hydrogens is 393 g/mol. The number of rotatable bonds is 4. The third kappa shape index (κ3) is 4.06. The van der Waals surface area contributed by atoms with Crippen molar-refractivity contribution >= 4 is 23.2 Å². The number of carbonyl (C=O) groups is 2. The maximum atomic E-state index is 13.3. The lowest BCUT2D eigenvalue weighted by atomic mass is 10.0. The van der Waals surface area contributed by atoms with Gasteiger partial charge in [-0.3, -0.25) is 9.59 Å². The second kappa shape index (κ2) is 7.45. The van der Waals surface area contributed by atoms with Crippen molar-refractivity contribution in [3.63, 3.8) is 0 Å². The largest absolute Gasteiger partial charge is 0.416 e. The summed E-state index contributed by atoms with van der Waals surface area (Å²) in [5, 5.41) is 2.62. The Hall–Kier alpha value is -2.83. The lowest BCUT2D eigenvalue weighted by molar-refractivity contribution is -0.137. The molecule has 1 N–H and O–H groups in total. The number of para-hydroxylation sites is 1. The van der Waals surface area contributed by atoms with Crippen LogP contribution in [0.1, 0.15) is 47.4 Å². The average Bonchev–Trinajstić information content (AvgIpc) is 3.44. The van der Waals surface area contributed by atoms with E-state index in [1.54, 1.807) is 11.0 Å². The summed E-state index contributed by atoms with van der Waals surface area (Å²) in [5.74, 6) is -1.08. The van der Waals surface area contributed by atoms with Gasteiger partial charge in [-0.25, -0.2) is 0 Å². The minimum atomic E-state index is -4.48. The molecule has 2 fully saturated rings. The van der Waals surface area contributed by atoms with Crippen LogP contribution in [0, 0.1) is 19.8 Å². The van der Waals surface area contributed by atoms with Crippen LogP contribution in [-0.4, -0.2) is 18.4 Å². The smallest absolute Gasteiger partial charge is 0.326 e. The minimum absolute atomic E-state index is 0.0358. The lowest BCUT2D eigenvalue weighted by Crippen LogP contribution is -2.29. The van der Waals surface area contributed by atoms with Gasteiger partial charge < -0.3 is 10.2 Å². The van der Waals surface area contributed by atoms with Gasteiger partial charge in [-0.15, -0.1) is 0 Å². The molecular formula is C23H23F3N2O2. The Balaban J connectivity index is 1.54. The molecule has 0 radical (unpaired) electrons. The van der Waals surface area contributed by atoms with Crippen LogP contribution in [0.15, 0.2) is 36.4 Å². The summed E-state index contributed by atoms with van der Waals surface area (Å²) >= 11 is 0. The number of aryl methyl sites for hydroxylation is 2. The van der Waals surface area contributed by atoms with Gasteiger partial charge in [-0.1, -0.05) is 18.2 Å². The van der Waals surface area contributed by atoms with Crippen LogP contribution in [0.3, 0.4) is 0 Å². The molecule has 2 aliphatic rings. The van der Waals surface area contributed by atoms with Gasteiger partial charge in [0.2, 0.25) is 11.8 Å². The number of amides is 2. The van der Waals surface area contributed by atoms with Gasteiger partial charge in [0.1, 0.15) is 0 Å². The van der Waals surface area contributed by atoms with E-state index in [4.69, 9.17) is 0 Å². The lowest BCUT2D eigenvalue weighted by Gasteiger charge is -2.21. The van der Waals surface area contributed by atoms with E-state index in [0.717, 1.165) is 41.8 Å². The number of carbonyl (C=O) groups excluding carboxylic acids is 2. The molecule has 2 amide bonds. The number of alkyl halides is 3. The van der Waals surface area contributed by atoms with E-state index in [1.165, 1.54) is 0 Å². The van der Waals surface area contributed by atoms with Crippen LogP contribution in [0.4, 0.5) is 24.5 Å². The standard InChI is InChI=1S/C23H23F3N2O2/c1-13-4-3-5-14(2)21(13)28-12-17(10-20(28)29)22(30)27-19-9-16(15-6-7-15)8-18(11-19)23(24,25)26/h3-5,8-9,11,15,17H,6-7,10,12H2,1-2H3,(H,27,30). The van der Waals surface area contributed by atoms with Crippen molar-refractivity contribution < 1.29 is 22.8 Å². The quantitative estimate of drug-likeness (QED) is 0.746. The highest BCUT2D eigenvalue weighted by atomic mass is 19.4. The number of nitrogens with zero attached hydrogens (tertiary/aromatic N) is 1. The summed E-state index contributed by atoms with van der Waals surface area (Å²) in [4.78, 5) is 27.0. The second-order valence-electron chi connectivity index (χ2n) is 8.25. The molecule has 1 saturated carbocycles. The van der Waals surface area contributed by atoms with Gasteiger partial charge >= 0.3 is 6.18 Å². The van der Waals surface area contributed by atoms with Gasteiger partial charge in [0.05, 0.1) is 11.5 Å². The first-order valence-corrected chi connectivity index (χ1v) is 10.0. The van der Waals surface area contributed by atoms with Crippen molar-refractivity contribution in [1.29, 1.82) is 0 Å². The van der Waals surface area contributed by atoms with Crippen molar-refractivity contribution in [3.8, 4) is 0 Å². The number of halogens is 3. The van der Waals surface area contributed by atoms with Crippen LogP contribution in [0.2, 0.25) is 0 Å². The SMILES string of the molecule is Cc1cccc(C)c1N1CC(C(=O)Nc2cc(C3CC3)cc(C(F)(F)F)c2)CC1=O. The minimum Gasteiger partial charge on any atom is -0.326 e. The van der Waals surface area contributed by atoms with E-state index in [2.05, 4.69) is 5.32 Å². The Morgan fingerprint density at radius 3 is 2.37 bits per heavy atom. The van der Waals surface area contributed by atoms with Crippen LogP contribution < -0.4 is 10.2 Å². The fourth-order valence-corrected chi connectivity index (χ4v) is 4.11. The normalized spacial score (nSPS) is 19.3. The predicted molar refractivity (Wildman–Crippen MR) is 108 cm³/mol. The number of anilines is 2. The summed E-state index contributed by atoms with van der Waals surface area (Å²) in [5.41, 5.74) is 2.65. The molecule has 1 aliphatic carbocycles. The van der Waals surface area contributed by atoms with E-state index in [0.29, 0.717) is 5.56 Å². The Kier molecular flexibility index (Phi) is 5.08. The van der Waals surface area contributed by atoms with Gasteiger partial charge in [0.25, 0.3) is 0 Å². The average molecular weight is 416 g/mol. The highest BCUT2D eigenvalue weighted by Crippen LogP contribution is 2.43. The molecule has 1 unspecified atom stereocenters. The Morgan fingerprint density at radius 2 is 1.77 bits per heavy atom. The molecule has 1 saturated heterocycles. The van der Waals surface area contributed by atoms with Crippen molar-refractivity contribution in [2.75, 3.05) is 16.8 Å². The monoisotopic (exact) mass is 416 g/mol. The molecule has 4 rings (SSSR count). The van der Waals surface area contributed by atoms with Gasteiger partial charge in [-0.05, 0) is 67.5 Å². The molecule has 1 atom stereocenters. The van der Waals surface area contributed by atoms with Gasteiger partial charge in [0, 0.05) is 24.3 Å². The highest BCUT2D eigenvalue weighted by Gasteiger charge is 2.37. The van der Waals surface area contributed by atoms with Gasteiger partial charge in [-0.2, -0.15) is 13.2 Å². The van der Waals surface area contributed by atoms with E-state index in [-0.39, 0.29) is 30.5 Å². The predicted octanol–water partition coefficient (Wildman–Crippen LogP) is 5.19. The van der Waals surface area contributed by atoms with Crippen LogP contribution >= 0.6 is 0 Å². The van der Waals surface area contributed by atoms with Crippen LogP contribution in [0.5, 0.6) is 0 Å². The molecule has 1 aliphatic heterocycles. The molecule has 1 heterocycles. The van der Waals surface area contributed by atoms with E-state index < -0.39 is 23.6 Å². The van der Waals surface area contributed by atoms with E-state index in [9.17, 15) is 22.8 Å². The highest BCUT2D eigenvalue weighted by molar-refractivity contribution is 6.04. The van der Waals surface area contributed by atoms with E-state index >= 15 is 0 Å². The Morgan fingerprint density at radius 1 is 1.10 bits per heavy atom. The topological polar surface area (TPSA) is 49.4 Å². The Bertz CT molecular complexity index is 992. The van der Waals surface area contributed by atoms with Crippen LogP contribution in [-0.2, 0) is 15.8 Å². The van der Waals surface area contributed by atoms with Crippen LogP contribution in [0.25, 0.3) is 0 Å². The zero-order chi connectivity index (χ0) is 21.6. The number of nitrogens with one attached hydrogen (secondary N) is 1. The summed E-state index contributed by atoms with van der Waals surface area (Å²) in [6, 6.07) is 9.46.